The third-order valence-corrected chi connectivity index (χ3v) is 4.49. The van der Waals surface area contributed by atoms with Crippen molar-refractivity contribution < 1.29 is 0 Å². The van der Waals surface area contributed by atoms with Gasteiger partial charge in [-0.3, -0.25) is 0 Å². The lowest BCUT2D eigenvalue weighted by Gasteiger charge is -2.27. The average Bonchev–Trinajstić information content (AvgIpc) is 3.17. The van der Waals surface area contributed by atoms with Crippen molar-refractivity contribution in [2.75, 3.05) is 5.32 Å². The van der Waals surface area contributed by atoms with E-state index in [9.17, 15) is 0 Å². The van der Waals surface area contributed by atoms with Gasteiger partial charge >= 0.3 is 0 Å². The van der Waals surface area contributed by atoms with E-state index >= 15 is 0 Å². The van der Waals surface area contributed by atoms with E-state index in [2.05, 4.69) is 63.9 Å². The number of allylic oxidation sites excluding steroid dienone is 1. The number of rotatable bonds is 1. The molecular formula is C18H14N4. The Morgan fingerprint density at radius 2 is 1.82 bits per heavy atom. The second-order valence-corrected chi connectivity index (χ2v) is 5.70. The molecule has 0 saturated carbocycles. The van der Waals surface area contributed by atoms with Crippen LogP contribution < -0.4 is 5.32 Å². The summed E-state index contributed by atoms with van der Waals surface area (Å²) in [7, 11) is 0. The number of nitrogens with one attached hydrogen (secondary N) is 1. The lowest BCUT2D eigenvalue weighted by atomic mass is 9.95. The number of aromatic nitrogens is 3. The first-order chi connectivity index (χ1) is 10.9. The van der Waals surface area contributed by atoms with E-state index in [1.54, 1.807) is 6.33 Å². The van der Waals surface area contributed by atoms with Gasteiger partial charge in [0.15, 0.2) is 0 Å². The van der Waals surface area contributed by atoms with Gasteiger partial charge in [0.1, 0.15) is 12.4 Å². The van der Waals surface area contributed by atoms with Gasteiger partial charge in [-0.2, -0.15) is 10.1 Å². The molecule has 1 aliphatic heterocycles. The second-order valence-electron chi connectivity index (χ2n) is 5.70. The van der Waals surface area contributed by atoms with Gasteiger partial charge in [0.25, 0.3) is 0 Å². The second kappa shape index (κ2) is 4.31. The summed E-state index contributed by atoms with van der Waals surface area (Å²) in [6, 6.07) is 19.2. The molecule has 4 heteroatoms. The molecule has 0 saturated heterocycles. The van der Waals surface area contributed by atoms with Crippen molar-refractivity contribution in [1.29, 1.82) is 0 Å². The summed E-state index contributed by atoms with van der Waals surface area (Å²) in [6.45, 7) is 0. The number of hydrogen-bond donors (Lipinski definition) is 1. The molecule has 1 aliphatic carbocycles. The van der Waals surface area contributed by atoms with Gasteiger partial charge < -0.3 is 5.32 Å². The van der Waals surface area contributed by atoms with Crippen molar-refractivity contribution in [3.05, 3.63) is 83.2 Å². The SMILES string of the molecule is c1ccc(C2C3=C(Nc4ncnn42)c2ccccc2C3)cc1. The zero-order valence-electron chi connectivity index (χ0n) is 11.9. The van der Waals surface area contributed by atoms with Crippen LogP contribution in [-0.2, 0) is 6.42 Å². The van der Waals surface area contributed by atoms with Crippen LogP contribution in [-0.4, -0.2) is 14.8 Å². The minimum Gasteiger partial charge on any atom is -0.324 e. The fraction of sp³-hybridized carbons (Fsp3) is 0.111. The van der Waals surface area contributed by atoms with Crippen molar-refractivity contribution >= 4 is 11.6 Å². The fourth-order valence-electron chi connectivity index (χ4n) is 3.53. The predicted octanol–water partition coefficient (Wildman–Crippen LogP) is 3.26. The van der Waals surface area contributed by atoms with E-state index in [0.29, 0.717) is 0 Å². The molecule has 1 unspecified atom stereocenters. The molecule has 2 aliphatic rings. The molecule has 106 valence electrons. The van der Waals surface area contributed by atoms with Crippen LogP contribution in [0.2, 0.25) is 0 Å². The minimum atomic E-state index is 0.113. The summed E-state index contributed by atoms with van der Waals surface area (Å²) in [5.41, 5.74) is 6.46. The number of nitrogens with zero attached hydrogens (tertiary/aromatic N) is 3. The molecule has 0 spiro atoms. The average molecular weight is 286 g/mol. The molecule has 0 bridgehead atoms. The van der Waals surface area contributed by atoms with Crippen molar-refractivity contribution in [2.45, 2.75) is 12.5 Å². The quantitative estimate of drug-likeness (QED) is 0.746. The summed E-state index contributed by atoms with van der Waals surface area (Å²) in [5, 5.41) is 7.91. The van der Waals surface area contributed by atoms with E-state index in [1.165, 1.54) is 28.0 Å². The molecule has 4 nitrogen and oxygen atoms in total. The Bertz CT molecular complexity index is 892. The Balaban J connectivity index is 1.74. The summed E-state index contributed by atoms with van der Waals surface area (Å²) in [6.07, 6.45) is 2.57. The number of hydrogen-bond acceptors (Lipinski definition) is 3. The normalized spacial score (nSPS) is 18.5. The Morgan fingerprint density at radius 3 is 2.73 bits per heavy atom. The van der Waals surface area contributed by atoms with Gasteiger partial charge in [-0.05, 0) is 23.1 Å². The summed E-state index contributed by atoms with van der Waals surface area (Å²) in [4.78, 5) is 4.37. The third-order valence-electron chi connectivity index (χ3n) is 4.49. The highest BCUT2D eigenvalue weighted by atomic mass is 15.4. The first kappa shape index (κ1) is 11.7. The molecule has 3 aromatic rings. The molecular weight excluding hydrogens is 272 g/mol. The predicted molar refractivity (Wildman–Crippen MR) is 85.3 cm³/mol. The highest BCUT2D eigenvalue weighted by Gasteiger charge is 2.35. The van der Waals surface area contributed by atoms with Crippen LogP contribution >= 0.6 is 0 Å². The summed E-state index contributed by atoms with van der Waals surface area (Å²) in [5.74, 6) is 0.810. The van der Waals surface area contributed by atoms with Crippen molar-refractivity contribution in [2.24, 2.45) is 0 Å². The number of anilines is 1. The van der Waals surface area contributed by atoms with Crippen molar-refractivity contribution in [3.63, 3.8) is 0 Å². The fourth-order valence-corrected chi connectivity index (χ4v) is 3.53. The highest BCUT2D eigenvalue weighted by Crippen LogP contribution is 2.44. The maximum Gasteiger partial charge on any atom is 0.226 e. The number of fused-ring (bicyclic) bond motifs is 3. The van der Waals surface area contributed by atoms with Crippen LogP contribution in [0.3, 0.4) is 0 Å². The maximum absolute atomic E-state index is 4.45. The molecule has 2 aromatic carbocycles. The molecule has 22 heavy (non-hydrogen) atoms. The lowest BCUT2D eigenvalue weighted by molar-refractivity contribution is 0.578. The first-order valence-corrected chi connectivity index (χ1v) is 7.44. The Morgan fingerprint density at radius 1 is 1.00 bits per heavy atom. The van der Waals surface area contributed by atoms with E-state index in [-0.39, 0.29) is 6.04 Å². The van der Waals surface area contributed by atoms with E-state index in [0.717, 1.165) is 12.4 Å². The lowest BCUT2D eigenvalue weighted by Crippen LogP contribution is -2.23. The minimum absolute atomic E-state index is 0.113. The number of benzene rings is 2. The third kappa shape index (κ3) is 1.52. The van der Waals surface area contributed by atoms with E-state index in [4.69, 9.17) is 0 Å². The van der Waals surface area contributed by atoms with Gasteiger partial charge in [0.2, 0.25) is 5.95 Å². The monoisotopic (exact) mass is 286 g/mol. The Kier molecular flexibility index (Phi) is 2.30. The smallest absolute Gasteiger partial charge is 0.226 e. The molecule has 2 heterocycles. The van der Waals surface area contributed by atoms with Gasteiger partial charge in [-0.25, -0.2) is 4.68 Å². The molecule has 0 fully saturated rings. The van der Waals surface area contributed by atoms with Crippen LogP contribution in [0.5, 0.6) is 0 Å². The van der Waals surface area contributed by atoms with Crippen LogP contribution in [0.1, 0.15) is 22.7 Å². The Hall–Kier alpha value is -2.88. The zero-order chi connectivity index (χ0) is 14.5. The Labute approximate surface area is 128 Å². The van der Waals surface area contributed by atoms with E-state index < -0.39 is 0 Å². The van der Waals surface area contributed by atoms with Crippen LogP contribution in [0.4, 0.5) is 5.95 Å². The summed E-state index contributed by atoms with van der Waals surface area (Å²) >= 11 is 0. The topological polar surface area (TPSA) is 42.7 Å². The molecule has 0 radical (unpaired) electrons. The molecule has 5 rings (SSSR count). The standard InChI is InChI=1S/C18H14N4/c1-2-6-12(7-3-1)17-15-10-13-8-4-5-9-14(13)16(15)21-18-19-11-20-22(17)18/h1-9,11,17H,10H2,(H,19,20,21). The first-order valence-electron chi connectivity index (χ1n) is 7.44. The molecule has 1 N–H and O–H groups in total. The largest absolute Gasteiger partial charge is 0.324 e. The molecule has 0 amide bonds. The van der Waals surface area contributed by atoms with Crippen molar-refractivity contribution in [1.82, 2.24) is 14.8 Å². The highest BCUT2D eigenvalue weighted by molar-refractivity contribution is 5.85. The molecule has 1 atom stereocenters. The van der Waals surface area contributed by atoms with Gasteiger partial charge in [0, 0.05) is 5.56 Å². The van der Waals surface area contributed by atoms with Gasteiger partial charge in [-0.1, -0.05) is 54.6 Å². The molecule has 1 aromatic heterocycles. The van der Waals surface area contributed by atoms with Crippen LogP contribution in [0.15, 0.2) is 66.5 Å². The maximum atomic E-state index is 4.45. The zero-order valence-corrected chi connectivity index (χ0v) is 11.9. The van der Waals surface area contributed by atoms with Crippen LogP contribution in [0, 0.1) is 0 Å². The van der Waals surface area contributed by atoms with Gasteiger partial charge in [-0.15, -0.1) is 0 Å². The van der Waals surface area contributed by atoms with Gasteiger partial charge in [0.05, 0.1) is 5.70 Å². The van der Waals surface area contributed by atoms with Crippen molar-refractivity contribution in [3.8, 4) is 0 Å². The van der Waals surface area contributed by atoms with E-state index in [1.807, 2.05) is 10.7 Å². The summed E-state index contributed by atoms with van der Waals surface area (Å²) < 4.78 is 1.99. The van der Waals surface area contributed by atoms with Crippen LogP contribution in [0.25, 0.3) is 5.70 Å².